The van der Waals surface area contributed by atoms with Crippen molar-refractivity contribution in [1.82, 2.24) is 9.88 Å². The second-order valence-electron chi connectivity index (χ2n) is 10.4. The summed E-state index contributed by atoms with van der Waals surface area (Å²) in [6, 6.07) is 15.7. The molecule has 2 heterocycles. The van der Waals surface area contributed by atoms with E-state index in [1.54, 1.807) is 19.4 Å². The minimum Gasteiger partial charge on any atom is -0.497 e. The number of nitrogens with zero attached hydrogens (tertiary/aromatic N) is 2. The smallest absolute Gasteiger partial charge is 0.308 e. The summed E-state index contributed by atoms with van der Waals surface area (Å²) in [5.74, 6) is -0.538. The molecule has 37 heavy (non-hydrogen) atoms. The molecule has 0 aliphatic carbocycles. The molecule has 4 rings (SSSR count). The van der Waals surface area contributed by atoms with Crippen molar-refractivity contribution < 1.29 is 19.0 Å². The van der Waals surface area contributed by atoms with Crippen LogP contribution in [0.2, 0.25) is 0 Å². The zero-order valence-electron chi connectivity index (χ0n) is 22.0. The van der Waals surface area contributed by atoms with Crippen LogP contribution in [0.5, 0.6) is 5.75 Å². The number of hydrogen-bond acceptors (Lipinski definition) is 4. The van der Waals surface area contributed by atoms with Crippen LogP contribution in [-0.4, -0.2) is 47.7 Å². The standard InChI is InChI=1S/C31H39FN2O3/c1-22-8-5-6-10-23(22)9-4-3-7-18-34-19-16-24(28(21-34)31(35)36)11-13-29(32)26-15-17-33-30-14-12-25(37-2)20-27(26)30/h5-6,8,10,12,14-15,17,20,24,28-29H,3-4,7,9,11,13,16,18-19,21H2,1-2H3,(H,35,36)/t24-,28+,29-/m1/s1. The maximum absolute atomic E-state index is 15.4. The number of rotatable bonds is 12. The number of aliphatic carboxylic acids is 1. The molecule has 3 aromatic rings. The van der Waals surface area contributed by atoms with Crippen LogP contribution in [0, 0.1) is 18.8 Å². The van der Waals surface area contributed by atoms with Gasteiger partial charge in [-0.15, -0.1) is 0 Å². The number of alkyl halides is 1. The summed E-state index contributed by atoms with van der Waals surface area (Å²) in [6.45, 7) is 4.54. The molecule has 0 unspecified atom stereocenters. The Bertz CT molecular complexity index is 1180. The van der Waals surface area contributed by atoms with Crippen molar-refractivity contribution in [2.24, 2.45) is 11.8 Å². The van der Waals surface area contributed by atoms with Gasteiger partial charge in [-0.3, -0.25) is 9.78 Å². The SMILES string of the molecule is COc1ccc2nccc([C@H](F)CC[C@@H]3CCN(CCCCCc4ccccc4C)C[C@@H]3C(=O)O)c2c1. The summed E-state index contributed by atoms with van der Waals surface area (Å²) in [6.07, 6.45) is 6.61. The summed E-state index contributed by atoms with van der Waals surface area (Å²) in [4.78, 5) is 18.7. The van der Waals surface area contributed by atoms with Crippen molar-refractivity contribution >= 4 is 16.9 Å². The van der Waals surface area contributed by atoms with Crippen molar-refractivity contribution in [1.29, 1.82) is 0 Å². The predicted octanol–water partition coefficient (Wildman–Crippen LogP) is 6.78. The first kappa shape index (κ1) is 27.1. The minimum absolute atomic E-state index is 0.00399. The molecule has 1 aliphatic rings. The number of piperidine rings is 1. The number of ether oxygens (including phenoxy) is 1. The maximum Gasteiger partial charge on any atom is 0.308 e. The summed E-state index contributed by atoms with van der Waals surface area (Å²) in [5, 5.41) is 10.7. The van der Waals surface area contributed by atoms with Crippen LogP contribution in [0.25, 0.3) is 10.9 Å². The van der Waals surface area contributed by atoms with Crippen molar-refractivity contribution in [3.05, 3.63) is 71.4 Å². The Labute approximate surface area is 219 Å². The Kier molecular flexibility index (Phi) is 9.51. The average molecular weight is 507 g/mol. The predicted molar refractivity (Wildman–Crippen MR) is 146 cm³/mol. The maximum atomic E-state index is 15.4. The lowest BCUT2D eigenvalue weighted by Crippen LogP contribution is -2.44. The number of hydrogen-bond donors (Lipinski definition) is 1. The highest BCUT2D eigenvalue weighted by atomic mass is 19.1. The molecule has 3 atom stereocenters. The molecule has 5 nitrogen and oxygen atoms in total. The van der Waals surface area contributed by atoms with Crippen molar-refractivity contribution in [2.45, 2.75) is 58.0 Å². The van der Waals surface area contributed by atoms with Crippen LogP contribution in [0.15, 0.2) is 54.7 Å². The van der Waals surface area contributed by atoms with Crippen LogP contribution < -0.4 is 4.74 Å². The van der Waals surface area contributed by atoms with Gasteiger partial charge in [0.1, 0.15) is 11.9 Å². The Morgan fingerprint density at radius 2 is 2.03 bits per heavy atom. The molecule has 0 radical (unpaired) electrons. The van der Waals surface area contributed by atoms with Crippen molar-refractivity contribution in [3.8, 4) is 5.75 Å². The number of benzene rings is 2. The minimum atomic E-state index is -1.17. The van der Waals surface area contributed by atoms with E-state index in [2.05, 4.69) is 41.1 Å². The molecule has 0 amide bonds. The number of carboxylic acids is 1. The first-order valence-corrected chi connectivity index (χ1v) is 13.5. The molecular weight excluding hydrogens is 467 g/mol. The van der Waals surface area contributed by atoms with E-state index in [1.165, 1.54) is 11.1 Å². The van der Waals surface area contributed by atoms with Crippen LogP contribution in [-0.2, 0) is 11.2 Å². The normalized spacial score (nSPS) is 19.1. The summed E-state index contributed by atoms with van der Waals surface area (Å²) in [5.41, 5.74) is 4.09. The summed E-state index contributed by atoms with van der Waals surface area (Å²) < 4.78 is 20.7. The van der Waals surface area contributed by atoms with Crippen LogP contribution in [0.1, 0.15) is 61.4 Å². The van der Waals surface area contributed by atoms with Gasteiger partial charge in [0, 0.05) is 18.1 Å². The zero-order valence-corrected chi connectivity index (χ0v) is 22.0. The molecule has 1 N–H and O–H groups in total. The molecule has 2 aromatic carbocycles. The van der Waals surface area contributed by atoms with E-state index in [0.29, 0.717) is 30.7 Å². The van der Waals surface area contributed by atoms with Gasteiger partial charge in [0.15, 0.2) is 0 Å². The lowest BCUT2D eigenvalue weighted by molar-refractivity contribution is -0.146. The molecule has 6 heteroatoms. The summed E-state index contributed by atoms with van der Waals surface area (Å²) >= 11 is 0. The van der Waals surface area contributed by atoms with Gasteiger partial charge < -0.3 is 14.7 Å². The molecule has 1 fully saturated rings. The fraction of sp³-hybridized carbons (Fsp3) is 0.484. The van der Waals surface area contributed by atoms with E-state index in [4.69, 9.17) is 4.74 Å². The van der Waals surface area contributed by atoms with Gasteiger partial charge in [-0.1, -0.05) is 30.7 Å². The number of halogens is 1. The van der Waals surface area contributed by atoms with E-state index < -0.39 is 18.1 Å². The van der Waals surface area contributed by atoms with Gasteiger partial charge in [-0.05, 0) is 105 Å². The third kappa shape index (κ3) is 7.07. The van der Waals surface area contributed by atoms with Crippen molar-refractivity contribution in [2.75, 3.05) is 26.7 Å². The molecule has 198 valence electrons. The fourth-order valence-electron chi connectivity index (χ4n) is 5.68. The van der Waals surface area contributed by atoms with Gasteiger partial charge in [0.2, 0.25) is 0 Å². The molecule has 0 spiro atoms. The van der Waals surface area contributed by atoms with Gasteiger partial charge >= 0.3 is 5.97 Å². The van der Waals surface area contributed by atoms with Gasteiger partial charge in [-0.25, -0.2) is 4.39 Å². The highest BCUT2D eigenvalue weighted by Gasteiger charge is 2.34. The quantitative estimate of drug-likeness (QED) is 0.274. The Balaban J connectivity index is 1.26. The molecule has 0 saturated carbocycles. The first-order valence-electron chi connectivity index (χ1n) is 13.5. The number of fused-ring (bicyclic) bond motifs is 1. The summed E-state index contributed by atoms with van der Waals surface area (Å²) in [7, 11) is 1.59. The Morgan fingerprint density at radius 1 is 1.19 bits per heavy atom. The highest BCUT2D eigenvalue weighted by molar-refractivity contribution is 5.83. The largest absolute Gasteiger partial charge is 0.497 e. The van der Waals surface area contributed by atoms with E-state index >= 15 is 4.39 Å². The second kappa shape index (κ2) is 13.0. The number of pyridine rings is 1. The molecular formula is C31H39FN2O3. The molecule has 1 saturated heterocycles. The molecule has 1 aromatic heterocycles. The van der Waals surface area contributed by atoms with Gasteiger partial charge in [0.25, 0.3) is 0 Å². The zero-order chi connectivity index (χ0) is 26.2. The van der Waals surface area contributed by atoms with Crippen LogP contribution in [0.3, 0.4) is 0 Å². The monoisotopic (exact) mass is 506 g/mol. The van der Waals surface area contributed by atoms with E-state index in [0.717, 1.165) is 56.1 Å². The first-order chi connectivity index (χ1) is 18.0. The molecule has 1 aliphatic heterocycles. The fourth-order valence-corrected chi connectivity index (χ4v) is 5.68. The number of aromatic nitrogens is 1. The number of likely N-dealkylation sites (tertiary alicyclic amines) is 1. The average Bonchev–Trinajstić information content (AvgIpc) is 2.92. The van der Waals surface area contributed by atoms with E-state index in [1.807, 2.05) is 18.2 Å². The number of unbranched alkanes of at least 4 members (excludes halogenated alkanes) is 2. The number of methoxy groups -OCH3 is 1. The van der Waals surface area contributed by atoms with Crippen LogP contribution >= 0.6 is 0 Å². The van der Waals surface area contributed by atoms with Crippen molar-refractivity contribution in [3.63, 3.8) is 0 Å². The Morgan fingerprint density at radius 3 is 2.81 bits per heavy atom. The highest BCUT2D eigenvalue weighted by Crippen LogP contribution is 2.35. The second-order valence-corrected chi connectivity index (χ2v) is 10.4. The Hall–Kier alpha value is -2.99. The van der Waals surface area contributed by atoms with Gasteiger partial charge in [0.05, 0.1) is 18.5 Å². The van der Waals surface area contributed by atoms with E-state index in [-0.39, 0.29) is 5.92 Å². The number of carboxylic acid groups (broad SMARTS) is 1. The lowest BCUT2D eigenvalue weighted by Gasteiger charge is -2.37. The third-order valence-electron chi connectivity index (χ3n) is 7.95. The van der Waals surface area contributed by atoms with Crippen LogP contribution in [0.4, 0.5) is 4.39 Å². The number of aryl methyl sites for hydroxylation is 2. The van der Waals surface area contributed by atoms with Gasteiger partial charge in [-0.2, -0.15) is 0 Å². The van der Waals surface area contributed by atoms with E-state index in [9.17, 15) is 9.90 Å². The number of carbonyl (C=O) groups is 1. The lowest BCUT2D eigenvalue weighted by atomic mass is 9.81. The topological polar surface area (TPSA) is 62.7 Å². The third-order valence-corrected chi connectivity index (χ3v) is 7.95. The molecule has 0 bridgehead atoms.